The van der Waals surface area contributed by atoms with Crippen molar-refractivity contribution in [2.24, 2.45) is 5.10 Å². The van der Waals surface area contributed by atoms with Crippen LogP contribution in [0, 0.1) is 6.92 Å². The Morgan fingerprint density at radius 3 is 2.04 bits per heavy atom. The van der Waals surface area contributed by atoms with Gasteiger partial charge in [0.1, 0.15) is 0 Å². The van der Waals surface area contributed by atoms with E-state index in [0.29, 0.717) is 5.56 Å². The van der Waals surface area contributed by atoms with Gasteiger partial charge in [-0.05, 0) is 48.9 Å². The first kappa shape index (κ1) is 18.5. The Bertz CT molecular complexity index is 1240. The molecule has 0 radical (unpaired) electrons. The van der Waals surface area contributed by atoms with Gasteiger partial charge in [-0.15, -0.1) is 0 Å². The smallest absolute Gasteiger partial charge is 0.276 e. The van der Waals surface area contributed by atoms with E-state index in [1.165, 1.54) is 42.5 Å². The van der Waals surface area contributed by atoms with E-state index in [0.717, 1.165) is 6.26 Å². The summed E-state index contributed by atoms with van der Waals surface area (Å²) in [6.45, 7) is 1.65. The summed E-state index contributed by atoms with van der Waals surface area (Å²) in [5.41, 5.74) is 3.20. The molecule has 11 heteroatoms. The molecule has 0 unspecified atom stereocenters. The fourth-order valence-corrected chi connectivity index (χ4v) is 7.32. The quantitative estimate of drug-likeness (QED) is 0.751. The predicted molar refractivity (Wildman–Crippen MR) is 96.2 cm³/mol. The van der Waals surface area contributed by atoms with Crippen LogP contribution in [-0.4, -0.2) is 35.9 Å². The maximum Gasteiger partial charge on any atom is 0.276 e. The number of aryl methyl sites for hydroxylation is 1. The Hall–Kier alpha value is -2.24. The molecule has 0 saturated heterocycles. The van der Waals surface area contributed by atoms with Crippen molar-refractivity contribution >= 4 is 39.6 Å². The van der Waals surface area contributed by atoms with Crippen LogP contribution in [0.15, 0.2) is 62.3 Å². The Balaban J connectivity index is 2.02. The largest absolute Gasteiger partial charge is 0.277 e. The first-order chi connectivity index (χ1) is 11.9. The molecular formula is C15H14N2O6S3. The van der Waals surface area contributed by atoms with Crippen molar-refractivity contribution in [2.45, 2.75) is 21.6 Å². The van der Waals surface area contributed by atoms with Crippen molar-refractivity contribution < 1.29 is 25.3 Å². The second-order valence-corrected chi connectivity index (χ2v) is 11.7. The van der Waals surface area contributed by atoms with Crippen molar-refractivity contribution in [1.29, 1.82) is 0 Å². The van der Waals surface area contributed by atoms with Crippen LogP contribution in [0.25, 0.3) is 0 Å². The first-order valence-corrected chi connectivity index (χ1v) is 12.0. The topological polar surface area (TPSA) is 127 Å². The molecule has 0 amide bonds. The lowest BCUT2D eigenvalue weighted by atomic mass is 10.2. The third-order valence-corrected chi connectivity index (χ3v) is 9.22. The molecule has 0 spiro atoms. The van der Waals surface area contributed by atoms with Crippen molar-refractivity contribution in [1.82, 2.24) is 0 Å². The molecule has 0 aliphatic carbocycles. The van der Waals surface area contributed by atoms with Gasteiger partial charge in [0.2, 0.25) is 19.7 Å². The summed E-state index contributed by atoms with van der Waals surface area (Å²) in [5.74, 6) is 0. The van der Waals surface area contributed by atoms with Crippen LogP contribution in [0.2, 0.25) is 0 Å². The van der Waals surface area contributed by atoms with Gasteiger partial charge in [-0.1, -0.05) is 6.07 Å². The van der Waals surface area contributed by atoms with Crippen molar-refractivity contribution in [3.05, 3.63) is 48.0 Å². The molecule has 0 bridgehead atoms. The Labute approximate surface area is 151 Å². The zero-order chi connectivity index (χ0) is 19.3. The molecule has 0 atom stereocenters. The highest BCUT2D eigenvalue weighted by Gasteiger charge is 2.46. The van der Waals surface area contributed by atoms with E-state index >= 15 is 0 Å². The lowest BCUT2D eigenvalue weighted by Gasteiger charge is -2.03. The van der Waals surface area contributed by atoms with Crippen LogP contribution in [-0.2, 0) is 29.5 Å². The highest BCUT2D eigenvalue weighted by molar-refractivity contribution is 8.33. The van der Waals surface area contributed by atoms with Gasteiger partial charge in [0.25, 0.3) is 4.38 Å². The van der Waals surface area contributed by atoms with Gasteiger partial charge >= 0.3 is 0 Å². The van der Waals surface area contributed by atoms with E-state index in [-0.39, 0.29) is 20.4 Å². The lowest BCUT2D eigenvalue weighted by Crippen LogP contribution is -2.17. The minimum absolute atomic E-state index is 0.0692. The SMILES string of the molecule is Cc1ccc2c(c1)S(=O)(=O)C(=NNc1ccc(S(C)(=O)=O)cc1)S2(=O)=O. The van der Waals surface area contributed by atoms with Gasteiger partial charge in [0.05, 0.1) is 20.4 Å². The Kier molecular flexibility index (Phi) is 4.20. The lowest BCUT2D eigenvalue weighted by molar-refractivity contribution is 0.601. The molecule has 2 aromatic rings. The standard InChI is InChI=1S/C15H14N2O6S3/c1-10-3-8-13-14(9-10)26(22,23)15(25(13,20)21)17-16-11-4-6-12(7-5-11)24(2,18)19/h3-9,16H,1-2H3. The van der Waals surface area contributed by atoms with Gasteiger partial charge < -0.3 is 0 Å². The summed E-state index contributed by atoms with van der Waals surface area (Å²) >= 11 is 0. The number of nitrogens with one attached hydrogen (secondary N) is 1. The summed E-state index contributed by atoms with van der Waals surface area (Å²) in [4.78, 5) is -0.541. The van der Waals surface area contributed by atoms with Gasteiger partial charge in [-0.3, -0.25) is 5.43 Å². The van der Waals surface area contributed by atoms with Gasteiger partial charge in [0.15, 0.2) is 9.84 Å². The maximum atomic E-state index is 12.5. The normalized spacial score (nSPS) is 19.2. The van der Waals surface area contributed by atoms with Crippen LogP contribution in [0.4, 0.5) is 5.69 Å². The summed E-state index contributed by atoms with van der Waals surface area (Å²) in [5, 5.41) is 3.58. The minimum Gasteiger partial charge on any atom is -0.277 e. The van der Waals surface area contributed by atoms with Crippen molar-refractivity contribution in [3.63, 3.8) is 0 Å². The van der Waals surface area contributed by atoms with Crippen LogP contribution in [0.3, 0.4) is 0 Å². The molecule has 0 fully saturated rings. The number of rotatable bonds is 3. The molecule has 0 saturated carbocycles. The molecule has 26 heavy (non-hydrogen) atoms. The first-order valence-electron chi connectivity index (χ1n) is 7.19. The molecule has 138 valence electrons. The van der Waals surface area contributed by atoms with E-state index in [2.05, 4.69) is 10.5 Å². The van der Waals surface area contributed by atoms with E-state index in [4.69, 9.17) is 0 Å². The number of hydrazone groups is 1. The summed E-state index contributed by atoms with van der Waals surface area (Å²) < 4.78 is 71.9. The van der Waals surface area contributed by atoms with Gasteiger partial charge in [-0.2, -0.15) is 5.10 Å². The fraction of sp³-hybridized carbons (Fsp3) is 0.133. The maximum absolute atomic E-state index is 12.5. The Morgan fingerprint density at radius 1 is 0.885 bits per heavy atom. The number of hydrogen-bond donors (Lipinski definition) is 1. The third kappa shape index (κ3) is 3.02. The fourth-order valence-electron chi connectivity index (χ4n) is 2.39. The summed E-state index contributed by atoms with van der Waals surface area (Å²) in [7, 11) is -11.9. The number of benzene rings is 2. The van der Waals surface area contributed by atoms with Crippen LogP contribution >= 0.6 is 0 Å². The number of nitrogens with zero attached hydrogens (tertiary/aromatic N) is 1. The third-order valence-electron chi connectivity index (χ3n) is 3.70. The second-order valence-electron chi connectivity index (χ2n) is 5.74. The van der Waals surface area contributed by atoms with E-state index in [1.807, 2.05) is 0 Å². The highest BCUT2D eigenvalue weighted by Crippen LogP contribution is 2.35. The zero-order valence-corrected chi connectivity index (χ0v) is 16.1. The zero-order valence-electron chi connectivity index (χ0n) is 13.7. The van der Waals surface area contributed by atoms with Crippen LogP contribution in [0.5, 0.6) is 0 Å². The molecule has 1 N–H and O–H groups in total. The monoisotopic (exact) mass is 414 g/mol. The molecule has 1 heterocycles. The number of sulfone groups is 3. The number of fused-ring (bicyclic) bond motifs is 1. The average Bonchev–Trinajstić information content (AvgIpc) is 2.68. The number of anilines is 1. The molecule has 1 aliphatic heterocycles. The molecule has 3 rings (SSSR count). The minimum atomic E-state index is -4.27. The van der Waals surface area contributed by atoms with Crippen LogP contribution < -0.4 is 5.43 Å². The van der Waals surface area contributed by atoms with E-state index in [1.54, 1.807) is 6.92 Å². The second kappa shape index (κ2) is 5.89. The van der Waals surface area contributed by atoms with Crippen molar-refractivity contribution in [2.75, 3.05) is 11.7 Å². The Morgan fingerprint density at radius 2 is 1.46 bits per heavy atom. The predicted octanol–water partition coefficient (Wildman–Crippen LogP) is 1.34. The molecule has 8 nitrogen and oxygen atoms in total. The van der Waals surface area contributed by atoms with Gasteiger partial charge in [0, 0.05) is 6.26 Å². The average molecular weight is 414 g/mol. The highest BCUT2D eigenvalue weighted by atomic mass is 32.3. The van der Waals surface area contributed by atoms with E-state index < -0.39 is 33.9 Å². The molecular weight excluding hydrogens is 400 g/mol. The molecule has 1 aliphatic rings. The number of hydrogen-bond acceptors (Lipinski definition) is 8. The summed E-state index contributed by atoms with van der Waals surface area (Å²) in [6.07, 6.45) is 1.05. The van der Waals surface area contributed by atoms with Crippen molar-refractivity contribution in [3.8, 4) is 0 Å². The van der Waals surface area contributed by atoms with E-state index in [9.17, 15) is 25.3 Å². The summed E-state index contributed by atoms with van der Waals surface area (Å²) in [6, 6.07) is 9.33. The molecule has 0 aromatic heterocycles. The van der Waals surface area contributed by atoms with Gasteiger partial charge in [-0.25, -0.2) is 25.3 Å². The van der Waals surface area contributed by atoms with Crippen LogP contribution in [0.1, 0.15) is 5.56 Å². The molecule has 2 aromatic carbocycles.